The molecule has 0 radical (unpaired) electrons. The van der Waals surface area contributed by atoms with E-state index in [2.05, 4.69) is 0 Å². The lowest BCUT2D eigenvalue weighted by Crippen LogP contribution is -2.44. The number of hydrogen-bond acceptors (Lipinski definition) is 3. The van der Waals surface area contributed by atoms with Gasteiger partial charge in [-0.15, -0.1) is 0 Å². The van der Waals surface area contributed by atoms with Crippen molar-refractivity contribution in [1.29, 1.82) is 0 Å². The van der Waals surface area contributed by atoms with Crippen molar-refractivity contribution in [3.05, 3.63) is 35.4 Å². The molecule has 0 saturated heterocycles. The number of likely N-dealkylation sites (N-methyl/N-ethyl adjacent to an activating group) is 1. The number of nitrogens with two attached hydrogens (primary N) is 1. The third-order valence-corrected chi connectivity index (χ3v) is 3.17. The standard InChI is InChI=1S/C15H22F3N3O/c1-11(19)14(22)21(9-8-20(2)3)10-12-4-6-13(7-5-12)15(16,17)18/h4-7,11H,8-10,19H2,1-3H3. The monoisotopic (exact) mass is 317 g/mol. The highest BCUT2D eigenvalue weighted by Gasteiger charge is 2.30. The Bertz CT molecular complexity index is 484. The quantitative estimate of drug-likeness (QED) is 0.872. The van der Waals surface area contributed by atoms with Gasteiger partial charge in [-0.25, -0.2) is 0 Å². The van der Waals surface area contributed by atoms with Crippen molar-refractivity contribution >= 4 is 5.91 Å². The summed E-state index contributed by atoms with van der Waals surface area (Å²) in [5, 5.41) is 0. The molecule has 0 aliphatic carbocycles. The largest absolute Gasteiger partial charge is 0.416 e. The molecule has 1 amide bonds. The van der Waals surface area contributed by atoms with Crippen LogP contribution >= 0.6 is 0 Å². The predicted molar refractivity (Wildman–Crippen MR) is 79.1 cm³/mol. The van der Waals surface area contributed by atoms with E-state index < -0.39 is 17.8 Å². The van der Waals surface area contributed by atoms with Gasteiger partial charge in [-0.05, 0) is 38.7 Å². The van der Waals surface area contributed by atoms with E-state index in [9.17, 15) is 18.0 Å². The highest BCUT2D eigenvalue weighted by Crippen LogP contribution is 2.29. The Kier molecular flexibility index (Phi) is 6.37. The summed E-state index contributed by atoms with van der Waals surface area (Å²) in [5.41, 5.74) is 5.56. The fourth-order valence-corrected chi connectivity index (χ4v) is 1.90. The summed E-state index contributed by atoms with van der Waals surface area (Å²) in [7, 11) is 3.76. The molecule has 22 heavy (non-hydrogen) atoms. The van der Waals surface area contributed by atoms with Crippen LogP contribution in [0.2, 0.25) is 0 Å². The highest BCUT2D eigenvalue weighted by atomic mass is 19.4. The van der Waals surface area contributed by atoms with Crippen molar-refractivity contribution in [2.75, 3.05) is 27.2 Å². The number of nitrogens with zero attached hydrogens (tertiary/aromatic N) is 2. The summed E-state index contributed by atoms with van der Waals surface area (Å²) in [6, 6.07) is 4.18. The van der Waals surface area contributed by atoms with Crippen LogP contribution in [0.4, 0.5) is 13.2 Å². The average molecular weight is 317 g/mol. The molecule has 1 rings (SSSR count). The third kappa shape index (κ3) is 5.65. The lowest BCUT2D eigenvalue weighted by Gasteiger charge is -2.26. The molecule has 1 aromatic carbocycles. The zero-order chi connectivity index (χ0) is 16.9. The number of rotatable bonds is 6. The molecule has 0 aromatic heterocycles. The number of amides is 1. The lowest BCUT2D eigenvalue weighted by atomic mass is 10.1. The smallest absolute Gasteiger partial charge is 0.336 e. The normalized spacial score (nSPS) is 13.3. The molecular formula is C15H22F3N3O. The van der Waals surface area contributed by atoms with Gasteiger partial charge in [-0.3, -0.25) is 4.79 Å². The second-order valence-electron chi connectivity index (χ2n) is 5.55. The first-order chi connectivity index (χ1) is 10.1. The summed E-state index contributed by atoms with van der Waals surface area (Å²) in [4.78, 5) is 15.6. The van der Waals surface area contributed by atoms with Gasteiger partial charge >= 0.3 is 6.18 Å². The van der Waals surface area contributed by atoms with E-state index in [-0.39, 0.29) is 12.5 Å². The highest BCUT2D eigenvalue weighted by molar-refractivity contribution is 5.81. The Morgan fingerprint density at radius 2 is 1.73 bits per heavy atom. The molecular weight excluding hydrogens is 295 g/mol. The number of alkyl halides is 3. The molecule has 0 spiro atoms. The van der Waals surface area contributed by atoms with E-state index in [1.165, 1.54) is 12.1 Å². The van der Waals surface area contributed by atoms with Crippen LogP contribution in [0, 0.1) is 0 Å². The second-order valence-corrected chi connectivity index (χ2v) is 5.55. The minimum absolute atomic E-state index is 0.221. The van der Waals surface area contributed by atoms with Crippen LogP contribution in [0.3, 0.4) is 0 Å². The Morgan fingerprint density at radius 1 is 1.18 bits per heavy atom. The Morgan fingerprint density at radius 3 is 2.14 bits per heavy atom. The molecule has 0 aliphatic rings. The fourth-order valence-electron chi connectivity index (χ4n) is 1.90. The zero-order valence-corrected chi connectivity index (χ0v) is 13.0. The number of benzene rings is 1. The van der Waals surface area contributed by atoms with Crippen molar-refractivity contribution in [3.8, 4) is 0 Å². The van der Waals surface area contributed by atoms with Gasteiger partial charge in [0, 0.05) is 19.6 Å². The molecule has 1 unspecified atom stereocenters. The minimum atomic E-state index is -4.36. The van der Waals surface area contributed by atoms with E-state index in [1.807, 2.05) is 19.0 Å². The minimum Gasteiger partial charge on any atom is -0.336 e. The van der Waals surface area contributed by atoms with Crippen molar-refractivity contribution in [3.63, 3.8) is 0 Å². The Balaban J connectivity index is 2.82. The molecule has 0 fully saturated rings. The molecule has 0 heterocycles. The maximum atomic E-state index is 12.5. The predicted octanol–water partition coefficient (Wildman–Crippen LogP) is 1.94. The van der Waals surface area contributed by atoms with Gasteiger partial charge in [0.25, 0.3) is 0 Å². The number of carbonyl (C=O) groups excluding carboxylic acids is 1. The zero-order valence-electron chi connectivity index (χ0n) is 13.0. The number of hydrogen-bond donors (Lipinski definition) is 1. The second kappa shape index (κ2) is 7.60. The van der Waals surface area contributed by atoms with Gasteiger partial charge in [-0.2, -0.15) is 13.2 Å². The van der Waals surface area contributed by atoms with E-state index in [1.54, 1.807) is 11.8 Å². The SMILES string of the molecule is CC(N)C(=O)N(CCN(C)C)Cc1ccc(C(F)(F)F)cc1. The van der Waals surface area contributed by atoms with Gasteiger partial charge in [-0.1, -0.05) is 12.1 Å². The molecule has 0 aliphatic heterocycles. The summed E-state index contributed by atoms with van der Waals surface area (Å²) in [6.45, 7) is 2.96. The van der Waals surface area contributed by atoms with Gasteiger partial charge in [0.15, 0.2) is 0 Å². The van der Waals surface area contributed by atoms with Crippen LogP contribution in [0.25, 0.3) is 0 Å². The molecule has 124 valence electrons. The van der Waals surface area contributed by atoms with Gasteiger partial charge in [0.1, 0.15) is 0 Å². The molecule has 0 saturated carbocycles. The summed E-state index contributed by atoms with van der Waals surface area (Å²) >= 11 is 0. The van der Waals surface area contributed by atoms with Crippen molar-refractivity contribution in [2.24, 2.45) is 5.73 Å². The van der Waals surface area contributed by atoms with Crippen molar-refractivity contribution < 1.29 is 18.0 Å². The van der Waals surface area contributed by atoms with E-state index in [0.717, 1.165) is 12.1 Å². The molecule has 0 bridgehead atoms. The molecule has 1 aromatic rings. The van der Waals surface area contributed by atoms with Crippen LogP contribution < -0.4 is 5.73 Å². The molecule has 4 nitrogen and oxygen atoms in total. The molecule has 1 atom stereocenters. The van der Waals surface area contributed by atoms with Crippen LogP contribution in [0.5, 0.6) is 0 Å². The maximum Gasteiger partial charge on any atom is 0.416 e. The first-order valence-electron chi connectivity index (χ1n) is 6.96. The van der Waals surface area contributed by atoms with Crippen molar-refractivity contribution in [1.82, 2.24) is 9.80 Å². The Labute approximate surface area is 128 Å². The number of carbonyl (C=O) groups is 1. The fraction of sp³-hybridized carbons (Fsp3) is 0.533. The molecule has 2 N–H and O–H groups in total. The molecule has 7 heteroatoms. The van der Waals surface area contributed by atoms with E-state index in [4.69, 9.17) is 5.73 Å². The van der Waals surface area contributed by atoms with Gasteiger partial charge in [0.05, 0.1) is 11.6 Å². The van der Waals surface area contributed by atoms with E-state index >= 15 is 0 Å². The van der Waals surface area contributed by atoms with E-state index in [0.29, 0.717) is 18.7 Å². The number of halogens is 3. The maximum absolute atomic E-state index is 12.5. The first-order valence-corrected chi connectivity index (χ1v) is 6.96. The summed E-state index contributed by atoms with van der Waals surface area (Å²) in [6.07, 6.45) is -4.36. The lowest BCUT2D eigenvalue weighted by molar-refractivity contribution is -0.137. The topological polar surface area (TPSA) is 49.6 Å². The summed E-state index contributed by atoms with van der Waals surface area (Å²) in [5.74, 6) is -0.221. The van der Waals surface area contributed by atoms with Crippen LogP contribution in [-0.4, -0.2) is 48.9 Å². The van der Waals surface area contributed by atoms with Gasteiger partial charge in [0.2, 0.25) is 5.91 Å². The van der Waals surface area contributed by atoms with Crippen molar-refractivity contribution in [2.45, 2.75) is 25.7 Å². The Hall–Kier alpha value is -1.60. The first kappa shape index (κ1) is 18.4. The van der Waals surface area contributed by atoms with Crippen LogP contribution in [-0.2, 0) is 17.5 Å². The van der Waals surface area contributed by atoms with Crippen LogP contribution in [0.15, 0.2) is 24.3 Å². The van der Waals surface area contributed by atoms with Crippen LogP contribution in [0.1, 0.15) is 18.1 Å². The average Bonchev–Trinajstić information content (AvgIpc) is 2.41. The third-order valence-electron chi connectivity index (χ3n) is 3.17. The van der Waals surface area contributed by atoms with Gasteiger partial charge < -0.3 is 15.5 Å². The summed E-state index contributed by atoms with van der Waals surface area (Å²) < 4.78 is 37.6.